The van der Waals surface area contributed by atoms with Crippen LogP contribution in [0.4, 0.5) is 18.9 Å². The van der Waals surface area contributed by atoms with Gasteiger partial charge in [0.2, 0.25) is 0 Å². The smallest absolute Gasteiger partial charge is 0.258 e. The molecule has 1 aromatic carbocycles. The molecular formula is C9H8F3NO2S. The minimum Gasteiger partial charge on any atom is -0.258 e. The standard InChI is InChI=1S/C9H8F3NO2S/c1-5-3-7(16-9(10,11)12)4-8(6(5)2)13(14)15/h3-4H,1-2H3. The van der Waals surface area contributed by atoms with Crippen LogP contribution in [0.15, 0.2) is 17.0 Å². The van der Waals surface area contributed by atoms with Crippen molar-refractivity contribution in [2.75, 3.05) is 0 Å². The average molecular weight is 251 g/mol. The predicted octanol–water partition coefficient (Wildman–Crippen LogP) is 3.82. The number of hydrogen-bond acceptors (Lipinski definition) is 3. The van der Waals surface area contributed by atoms with Crippen molar-refractivity contribution in [3.63, 3.8) is 0 Å². The number of halogens is 3. The summed E-state index contributed by atoms with van der Waals surface area (Å²) in [4.78, 5) is 9.76. The van der Waals surface area contributed by atoms with E-state index < -0.39 is 10.4 Å². The first-order valence-electron chi connectivity index (χ1n) is 4.22. The third-order valence-electron chi connectivity index (χ3n) is 2.04. The van der Waals surface area contributed by atoms with Gasteiger partial charge in [0.25, 0.3) is 5.69 Å². The van der Waals surface area contributed by atoms with E-state index in [-0.39, 0.29) is 22.3 Å². The van der Waals surface area contributed by atoms with Gasteiger partial charge in [0.15, 0.2) is 0 Å². The molecule has 0 N–H and O–H groups in total. The van der Waals surface area contributed by atoms with Gasteiger partial charge in [-0.05, 0) is 37.2 Å². The zero-order valence-electron chi connectivity index (χ0n) is 8.46. The molecule has 88 valence electrons. The quantitative estimate of drug-likeness (QED) is 0.456. The lowest BCUT2D eigenvalue weighted by atomic mass is 10.1. The fraction of sp³-hybridized carbons (Fsp3) is 0.333. The van der Waals surface area contributed by atoms with E-state index in [0.29, 0.717) is 11.1 Å². The van der Waals surface area contributed by atoms with Gasteiger partial charge < -0.3 is 0 Å². The third-order valence-corrected chi connectivity index (χ3v) is 2.75. The number of aryl methyl sites for hydroxylation is 1. The van der Waals surface area contributed by atoms with Crippen molar-refractivity contribution in [2.24, 2.45) is 0 Å². The fourth-order valence-corrected chi connectivity index (χ4v) is 1.86. The van der Waals surface area contributed by atoms with Crippen LogP contribution in [0.1, 0.15) is 11.1 Å². The zero-order valence-corrected chi connectivity index (χ0v) is 9.28. The molecule has 3 nitrogen and oxygen atoms in total. The highest BCUT2D eigenvalue weighted by Crippen LogP contribution is 2.39. The second-order valence-corrected chi connectivity index (χ2v) is 4.33. The number of nitro benzene ring substituents is 1. The number of nitrogens with zero attached hydrogens (tertiary/aromatic N) is 1. The molecule has 0 amide bonds. The van der Waals surface area contributed by atoms with Gasteiger partial charge in [-0.1, -0.05) is 0 Å². The van der Waals surface area contributed by atoms with Crippen LogP contribution in [0.2, 0.25) is 0 Å². The van der Waals surface area contributed by atoms with Gasteiger partial charge in [0.1, 0.15) is 0 Å². The van der Waals surface area contributed by atoms with Gasteiger partial charge in [-0.3, -0.25) is 10.1 Å². The maximum Gasteiger partial charge on any atom is 0.446 e. The molecule has 0 bridgehead atoms. The first kappa shape index (κ1) is 12.8. The molecule has 1 rings (SSSR count). The van der Waals surface area contributed by atoms with Gasteiger partial charge >= 0.3 is 5.51 Å². The molecule has 16 heavy (non-hydrogen) atoms. The Bertz CT molecular complexity index is 431. The topological polar surface area (TPSA) is 43.1 Å². The Morgan fingerprint density at radius 3 is 2.31 bits per heavy atom. The van der Waals surface area contributed by atoms with Gasteiger partial charge in [0.05, 0.1) is 4.92 Å². The molecule has 0 heterocycles. The summed E-state index contributed by atoms with van der Waals surface area (Å²) in [5.41, 5.74) is -3.86. The van der Waals surface area contributed by atoms with Gasteiger partial charge in [0, 0.05) is 16.5 Å². The van der Waals surface area contributed by atoms with Gasteiger partial charge in [-0.2, -0.15) is 13.2 Å². The molecule has 0 fully saturated rings. The van der Waals surface area contributed by atoms with Crippen LogP contribution in [0.25, 0.3) is 0 Å². The SMILES string of the molecule is Cc1cc(SC(F)(F)F)cc([N+](=O)[O-])c1C. The monoisotopic (exact) mass is 251 g/mol. The van der Waals surface area contributed by atoms with Crippen molar-refractivity contribution in [3.8, 4) is 0 Å². The predicted molar refractivity (Wildman–Crippen MR) is 54.5 cm³/mol. The van der Waals surface area contributed by atoms with Crippen LogP contribution in [0, 0.1) is 24.0 Å². The lowest BCUT2D eigenvalue weighted by Crippen LogP contribution is -2.01. The zero-order chi connectivity index (χ0) is 12.5. The van der Waals surface area contributed by atoms with E-state index >= 15 is 0 Å². The summed E-state index contributed by atoms with van der Waals surface area (Å²) in [6.45, 7) is 3.05. The fourth-order valence-electron chi connectivity index (χ4n) is 1.19. The molecule has 0 radical (unpaired) electrons. The summed E-state index contributed by atoms with van der Waals surface area (Å²) >= 11 is -0.349. The molecule has 0 saturated heterocycles. The van der Waals surface area contributed by atoms with Crippen molar-refractivity contribution in [1.82, 2.24) is 0 Å². The Kier molecular flexibility index (Phi) is 3.47. The van der Waals surface area contributed by atoms with E-state index in [9.17, 15) is 23.3 Å². The number of thioether (sulfide) groups is 1. The van der Waals surface area contributed by atoms with Crippen molar-refractivity contribution in [3.05, 3.63) is 33.4 Å². The Labute approximate surface area is 93.8 Å². The second kappa shape index (κ2) is 4.32. The highest BCUT2D eigenvalue weighted by atomic mass is 32.2. The molecule has 0 saturated carbocycles. The number of alkyl halides is 3. The van der Waals surface area contributed by atoms with Crippen molar-refractivity contribution < 1.29 is 18.1 Å². The molecule has 0 aliphatic rings. The Morgan fingerprint density at radius 1 is 1.31 bits per heavy atom. The summed E-state index contributed by atoms with van der Waals surface area (Å²) in [6.07, 6.45) is 0. The first-order valence-corrected chi connectivity index (χ1v) is 5.04. The Balaban J connectivity index is 3.19. The van der Waals surface area contributed by atoms with Crippen molar-refractivity contribution in [2.45, 2.75) is 24.3 Å². The van der Waals surface area contributed by atoms with E-state index in [1.165, 1.54) is 13.0 Å². The minimum absolute atomic E-state index is 0.165. The van der Waals surface area contributed by atoms with Crippen molar-refractivity contribution in [1.29, 1.82) is 0 Å². The molecule has 0 atom stereocenters. The van der Waals surface area contributed by atoms with Crippen LogP contribution < -0.4 is 0 Å². The first-order chi connectivity index (χ1) is 7.20. The van der Waals surface area contributed by atoms with Crippen LogP contribution in [-0.4, -0.2) is 10.4 Å². The van der Waals surface area contributed by atoms with Crippen molar-refractivity contribution >= 4 is 17.4 Å². The van der Waals surface area contributed by atoms with Gasteiger partial charge in [-0.25, -0.2) is 0 Å². The summed E-state index contributed by atoms with van der Waals surface area (Å²) in [5, 5.41) is 10.6. The van der Waals surface area contributed by atoms with E-state index in [1.807, 2.05) is 0 Å². The molecule has 0 aromatic heterocycles. The Hall–Kier alpha value is -1.24. The molecule has 1 aromatic rings. The molecule has 7 heteroatoms. The summed E-state index contributed by atoms with van der Waals surface area (Å²) < 4.78 is 36.3. The largest absolute Gasteiger partial charge is 0.446 e. The van der Waals surface area contributed by atoms with Crippen LogP contribution >= 0.6 is 11.8 Å². The second-order valence-electron chi connectivity index (χ2n) is 3.19. The molecule has 0 aliphatic carbocycles. The highest BCUT2D eigenvalue weighted by molar-refractivity contribution is 8.00. The molecule has 0 spiro atoms. The number of benzene rings is 1. The third kappa shape index (κ3) is 3.13. The number of rotatable bonds is 2. The lowest BCUT2D eigenvalue weighted by molar-refractivity contribution is -0.385. The summed E-state index contributed by atoms with van der Waals surface area (Å²) in [5.74, 6) is 0. The van der Waals surface area contributed by atoms with E-state index in [0.717, 1.165) is 6.07 Å². The average Bonchev–Trinajstić information content (AvgIpc) is 2.07. The van der Waals surface area contributed by atoms with Crippen LogP contribution in [0.3, 0.4) is 0 Å². The van der Waals surface area contributed by atoms with Crippen LogP contribution in [-0.2, 0) is 0 Å². The maximum absolute atomic E-state index is 12.1. The number of nitro groups is 1. The summed E-state index contributed by atoms with van der Waals surface area (Å²) in [6, 6.07) is 2.24. The minimum atomic E-state index is -4.43. The van der Waals surface area contributed by atoms with E-state index in [4.69, 9.17) is 0 Å². The molecular weight excluding hydrogens is 243 g/mol. The maximum atomic E-state index is 12.1. The normalized spacial score (nSPS) is 11.6. The van der Waals surface area contributed by atoms with E-state index in [2.05, 4.69) is 0 Å². The Morgan fingerprint density at radius 2 is 1.88 bits per heavy atom. The van der Waals surface area contributed by atoms with Gasteiger partial charge in [-0.15, -0.1) is 0 Å². The number of hydrogen-bond donors (Lipinski definition) is 0. The van der Waals surface area contributed by atoms with E-state index in [1.54, 1.807) is 6.92 Å². The highest BCUT2D eigenvalue weighted by Gasteiger charge is 2.30. The van der Waals surface area contributed by atoms with Crippen LogP contribution in [0.5, 0.6) is 0 Å². The lowest BCUT2D eigenvalue weighted by Gasteiger charge is -2.08. The molecule has 0 aliphatic heterocycles. The molecule has 0 unspecified atom stereocenters. The summed E-state index contributed by atoms with van der Waals surface area (Å²) in [7, 11) is 0.